The van der Waals surface area contributed by atoms with Gasteiger partial charge in [0.2, 0.25) is 6.10 Å². The molecule has 1 atom stereocenters. The minimum absolute atomic E-state index is 0.251. The summed E-state index contributed by atoms with van der Waals surface area (Å²) in [6.45, 7) is 0. The molecular formula is C15H10N2O4. The number of rotatable bonds is 1. The number of ether oxygens (including phenoxy) is 1. The van der Waals surface area contributed by atoms with Crippen molar-refractivity contribution >= 4 is 22.7 Å². The number of carbonyl (C=O) groups is 1. The van der Waals surface area contributed by atoms with Crippen LogP contribution in [-0.4, -0.2) is 10.9 Å². The van der Waals surface area contributed by atoms with E-state index in [0.29, 0.717) is 28.1 Å². The lowest BCUT2D eigenvalue weighted by atomic mass is 10.1. The maximum atomic E-state index is 12.2. The van der Waals surface area contributed by atoms with Gasteiger partial charge in [0.25, 0.3) is 5.91 Å². The Bertz CT molecular complexity index is 909. The van der Waals surface area contributed by atoms with Crippen molar-refractivity contribution in [3.63, 3.8) is 0 Å². The zero-order valence-corrected chi connectivity index (χ0v) is 10.8. The van der Waals surface area contributed by atoms with Crippen molar-refractivity contribution in [1.82, 2.24) is 4.98 Å². The molecule has 104 valence electrons. The molecule has 0 spiro atoms. The van der Waals surface area contributed by atoms with Crippen LogP contribution in [0.5, 0.6) is 5.75 Å². The van der Waals surface area contributed by atoms with E-state index in [1.807, 2.05) is 12.1 Å². The molecule has 0 radical (unpaired) electrons. The van der Waals surface area contributed by atoms with Crippen LogP contribution in [0.2, 0.25) is 0 Å². The summed E-state index contributed by atoms with van der Waals surface area (Å²) in [5.41, 5.74) is 2.27. The summed E-state index contributed by atoms with van der Waals surface area (Å²) < 4.78 is 10.7. The minimum Gasteiger partial charge on any atom is -0.474 e. The number of hydrogen-bond donors (Lipinski definition) is 2. The van der Waals surface area contributed by atoms with E-state index in [-0.39, 0.29) is 5.91 Å². The molecule has 2 aromatic carbocycles. The fraction of sp³-hybridized carbons (Fsp3) is 0.0667. The van der Waals surface area contributed by atoms with Crippen LogP contribution in [0.4, 0.5) is 5.69 Å². The quantitative estimate of drug-likeness (QED) is 0.716. The van der Waals surface area contributed by atoms with Crippen molar-refractivity contribution < 1.29 is 13.9 Å². The molecule has 0 fully saturated rings. The van der Waals surface area contributed by atoms with Gasteiger partial charge in [-0.15, -0.1) is 0 Å². The van der Waals surface area contributed by atoms with Crippen molar-refractivity contribution in [2.45, 2.75) is 6.10 Å². The highest BCUT2D eigenvalue weighted by molar-refractivity contribution is 5.98. The second kappa shape index (κ2) is 4.24. The van der Waals surface area contributed by atoms with Crippen LogP contribution in [0.25, 0.3) is 11.1 Å². The van der Waals surface area contributed by atoms with Gasteiger partial charge in [0, 0.05) is 5.56 Å². The Kier molecular flexibility index (Phi) is 2.38. The van der Waals surface area contributed by atoms with Gasteiger partial charge in [0.15, 0.2) is 5.58 Å². The smallest absolute Gasteiger partial charge is 0.417 e. The van der Waals surface area contributed by atoms with E-state index in [4.69, 9.17) is 9.15 Å². The standard InChI is InChI=1S/C15H10N2O4/c18-14-13(20-11-4-2-1-3-9(11)16-14)8-5-6-12-10(7-8)17-15(19)21-12/h1-7,13H,(H,16,18)(H,17,19). The number of hydrogen-bond acceptors (Lipinski definition) is 4. The van der Waals surface area contributed by atoms with Crippen LogP contribution in [-0.2, 0) is 4.79 Å². The van der Waals surface area contributed by atoms with Crippen LogP contribution in [0.15, 0.2) is 51.7 Å². The van der Waals surface area contributed by atoms with Gasteiger partial charge < -0.3 is 14.5 Å². The molecule has 1 aliphatic heterocycles. The third-order valence-electron chi connectivity index (χ3n) is 3.37. The van der Waals surface area contributed by atoms with Gasteiger partial charge >= 0.3 is 5.76 Å². The summed E-state index contributed by atoms with van der Waals surface area (Å²) in [5.74, 6) is -0.164. The topological polar surface area (TPSA) is 84.3 Å². The molecule has 6 nitrogen and oxygen atoms in total. The lowest BCUT2D eigenvalue weighted by molar-refractivity contribution is -0.123. The number of anilines is 1. The van der Waals surface area contributed by atoms with Gasteiger partial charge in [-0.1, -0.05) is 18.2 Å². The van der Waals surface area contributed by atoms with E-state index >= 15 is 0 Å². The Morgan fingerprint density at radius 2 is 1.90 bits per heavy atom. The van der Waals surface area contributed by atoms with Gasteiger partial charge in [-0.2, -0.15) is 0 Å². The largest absolute Gasteiger partial charge is 0.474 e. The third kappa shape index (κ3) is 1.88. The molecule has 2 heterocycles. The van der Waals surface area contributed by atoms with Gasteiger partial charge in [0.05, 0.1) is 11.2 Å². The summed E-state index contributed by atoms with van der Waals surface area (Å²) in [5, 5.41) is 2.80. The average molecular weight is 282 g/mol. The molecule has 0 saturated heterocycles. The molecule has 2 N–H and O–H groups in total. The van der Waals surface area contributed by atoms with Crippen LogP contribution >= 0.6 is 0 Å². The number of nitrogens with one attached hydrogen (secondary N) is 2. The van der Waals surface area contributed by atoms with Crippen LogP contribution < -0.4 is 15.8 Å². The third-order valence-corrected chi connectivity index (χ3v) is 3.37. The molecular weight excluding hydrogens is 272 g/mol. The predicted molar refractivity (Wildman–Crippen MR) is 75.3 cm³/mol. The molecule has 1 amide bonds. The van der Waals surface area contributed by atoms with Crippen LogP contribution in [0, 0.1) is 0 Å². The summed E-state index contributed by atoms with van der Waals surface area (Å²) in [6.07, 6.45) is -0.761. The molecule has 6 heteroatoms. The Labute approximate surface area is 118 Å². The first kappa shape index (κ1) is 11.8. The number of aromatic nitrogens is 1. The Balaban J connectivity index is 1.78. The van der Waals surface area contributed by atoms with Crippen molar-refractivity contribution in [1.29, 1.82) is 0 Å². The maximum Gasteiger partial charge on any atom is 0.417 e. The van der Waals surface area contributed by atoms with Crippen molar-refractivity contribution in [2.75, 3.05) is 5.32 Å². The van der Waals surface area contributed by atoms with Crippen molar-refractivity contribution in [3.8, 4) is 5.75 Å². The second-order valence-corrected chi connectivity index (χ2v) is 4.75. The molecule has 1 aromatic heterocycles. The monoisotopic (exact) mass is 282 g/mol. The zero-order valence-electron chi connectivity index (χ0n) is 10.8. The number of aromatic amines is 1. The second-order valence-electron chi connectivity index (χ2n) is 4.75. The van der Waals surface area contributed by atoms with Gasteiger partial charge in [-0.3, -0.25) is 9.78 Å². The highest BCUT2D eigenvalue weighted by Crippen LogP contribution is 2.34. The highest BCUT2D eigenvalue weighted by atomic mass is 16.5. The number of carbonyl (C=O) groups excluding carboxylic acids is 1. The number of amides is 1. The average Bonchev–Trinajstić information content (AvgIpc) is 2.85. The molecule has 1 unspecified atom stereocenters. The van der Waals surface area contributed by atoms with Crippen LogP contribution in [0.3, 0.4) is 0 Å². The number of H-pyrrole nitrogens is 1. The summed E-state index contributed by atoms with van der Waals surface area (Å²) in [6, 6.07) is 12.3. The Morgan fingerprint density at radius 3 is 2.81 bits per heavy atom. The lowest BCUT2D eigenvalue weighted by Crippen LogP contribution is -2.30. The Morgan fingerprint density at radius 1 is 1.05 bits per heavy atom. The van der Waals surface area contributed by atoms with E-state index < -0.39 is 11.9 Å². The molecule has 3 aromatic rings. The highest BCUT2D eigenvalue weighted by Gasteiger charge is 2.29. The van der Waals surface area contributed by atoms with Gasteiger partial charge in [-0.25, -0.2) is 4.79 Å². The van der Waals surface area contributed by atoms with E-state index in [1.54, 1.807) is 30.3 Å². The molecule has 0 bridgehead atoms. The first-order valence-electron chi connectivity index (χ1n) is 6.40. The molecule has 0 saturated carbocycles. The van der Waals surface area contributed by atoms with E-state index in [9.17, 15) is 9.59 Å². The number of fused-ring (bicyclic) bond motifs is 2. The Hall–Kier alpha value is -3.02. The fourth-order valence-electron chi connectivity index (χ4n) is 2.40. The first-order valence-corrected chi connectivity index (χ1v) is 6.40. The van der Waals surface area contributed by atoms with Crippen molar-refractivity contribution in [2.24, 2.45) is 0 Å². The molecule has 0 aliphatic carbocycles. The molecule has 1 aliphatic rings. The van der Waals surface area contributed by atoms with Crippen molar-refractivity contribution in [3.05, 3.63) is 58.6 Å². The minimum atomic E-state index is -0.761. The van der Waals surface area contributed by atoms with E-state index in [1.165, 1.54) is 0 Å². The summed E-state index contributed by atoms with van der Waals surface area (Å²) in [7, 11) is 0. The number of oxazole rings is 1. The number of benzene rings is 2. The predicted octanol–water partition coefficient (Wildman–Crippen LogP) is 2.19. The zero-order chi connectivity index (χ0) is 14.4. The normalized spacial score (nSPS) is 17.1. The lowest BCUT2D eigenvalue weighted by Gasteiger charge is -2.25. The summed E-state index contributed by atoms with van der Waals surface area (Å²) in [4.78, 5) is 25.9. The molecule has 21 heavy (non-hydrogen) atoms. The SMILES string of the molecule is O=C1Nc2ccccc2OC1c1ccc2oc(=O)[nH]c2c1. The van der Waals surface area contributed by atoms with Crippen LogP contribution in [0.1, 0.15) is 11.7 Å². The van der Waals surface area contributed by atoms with E-state index in [2.05, 4.69) is 10.3 Å². The summed E-state index contributed by atoms with van der Waals surface area (Å²) >= 11 is 0. The first-order chi connectivity index (χ1) is 10.2. The maximum absolute atomic E-state index is 12.2. The molecule has 4 rings (SSSR count). The van der Waals surface area contributed by atoms with E-state index in [0.717, 1.165) is 0 Å². The number of para-hydroxylation sites is 2. The van der Waals surface area contributed by atoms with Gasteiger partial charge in [0.1, 0.15) is 5.75 Å². The fourth-order valence-corrected chi connectivity index (χ4v) is 2.40. The van der Waals surface area contributed by atoms with Gasteiger partial charge in [-0.05, 0) is 24.3 Å².